The fourth-order valence-electron chi connectivity index (χ4n) is 3.49. The standard InChI is InChI=1S/C23H20BrNO6/c1-3-31-23(30)18-13(2)25(12-14-7-5-4-6-8-14)20(22(28)29)19(18)16-11-15(21(26)27)9-10-17(16)24/h4-11H,3,12H2,1-2H3,(H,26,27)(H,28,29). The monoisotopic (exact) mass is 485 g/mol. The zero-order valence-corrected chi connectivity index (χ0v) is 18.5. The first-order valence-corrected chi connectivity index (χ1v) is 10.3. The normalized spacial score (nSPS) is 10.7. The number of carboxylic acid groups (broad SMARTS) is 2. The fourth-order valence-corrected chi connectivity index (χ4v) is 3.93. The van der Waals surface area contributed by atoms with Crippen molar-refractivity contribution in [2.45, 2.75) is 20.4 Å². The molecule has 160 valence electrons. The van der Waals surface area contributed by atoms with E-state index in [1.54, 1.807) is 18.4 Å². The molecule has 0 aliphatic heterocycles. The zero-order chi connectivity index (χ0) is 22.7. The Hall–Kier alpha value is -3.39. The molecule has 1 heterocycles. The van der Waals surface area contributed by atoms with E-state index in [2.05, 4.69) is 15.9 Å². The summed E-state index contributed by atoms with van der Waals surface area (Å²) in [5, 5.41) is 19.5. The summed E-state index contributed by atoms with van der Waals surface area (Å²) in [4.78, 5) is 36.8. The van der Waals surface area contributed by atoms with E-state index >= 15 is 0 Å². The van der Waals surface area contributed by atoms with Gasteiger partial charge in [0.05, 0.1) is 17.7 Å². The second kappa shape index (κ2) is 9.18. The van der Waals surface area contributed by atoms with E-state index in [-0.39, 0.29) is 41.1 Å². The van der Waals surface area contributed by atoms with E-state index in [0.29, 0.717) is 10.2 Å². The molecule has 0 radical (unpaired) electrons. The summed E-state index contributed by atoms with van der Waals surface area (Å²) in [6.07, 6.45) is 0. The number of benzene rings is 2. The van der Waals surface area contributed by atoms with Crippen molar-refractivity contribution >= 4 is 33.8 Å². The van der Waals surface area contributed by atoms with Gasteiger partial charge in [-0.2, -0.15) is 0 Å². The number of aromatic nitrogens is 1. The molecule has 8 heteroatoms. The van der Waals surface area contributed by atoms with Crippen LogP contribution in [0.5, 0.6) is 0 Å². The number of rotatable bonds is 7. The number of carboxylic acids is 2. The predicted octanol–water partition coefficient (Wildman–Crippen LogP) is 4.85. The molecule has 0 unspecified atom stereocenters. The molecule has 0 bridgehead atoms. The van der Waals surface area contributed by atoms with Gasteiger partial charge in [0.25, 0.3) is 0 Å². The minimum atomic E-state index is -1.24. The molecule has 31 heavy (non-hydrogen) atoms. The molecule has 0 saturated heterocycles. The Morgan fingerprint density at radius 3 is 2.29 bits per heavy atom. The maximum Gasteiger partial charge on any atom is 0.353 e. The summed E-state index contributed by atoms with van der Waals surface area (Å²) < 4.78 is 7.21. The van der Waals surface area contributed by atoms with Crippen molar-refractivity contribution in [2.75, 3.05) is 6.61 Å². The lowest BCUT2D eigenvalue weighted by Gasteiger charge is -2.11. The quantitative estimate of drug-likeness (QED) is 0.463. The molecular weight excluding hydrogens is 466 g/mol. The van der Waals surface area contributed by atoms with Gasteiger partial charge in [-0.3, -0.25) is 0 Å². The third-order valence-electron chi connectivity index (χ3n) is 4.87. The van der Waals surface area contributed by atoms with Crippen molar-refractivity contribution in [3.05, 3.63) is 81.1 Å². The Labute approximate surface area is 187 Å². The molecular formula is C23H20BrNO6. The number of halogens is 1. The first-order chi connectivity index (χ1) is 14.8. The molecule has 7 nitrogen and oxygen atoms in total. The number of nitrogens with zero attached hydrogens (tertiary/aromatic N) is 1. The van der Waals surface area contributed by atoms with Crippen molar-refractivity contribution in [1.82, 2.24) is 4.57 Å². The maximum atomic E-state index is 12.9. The van der Waals surface area contributed by atoms with Gasteiger partial charge in [-0.05, 0) is 37.6 Å². The van der Waals surface area contributed by atoms with Crippen molar-refractivity contribution in [2.24, 2.45) is 0 Å². The average molecular weight is 486 g/mol. The molecule has 2 N–H and O–H groups in total. The van der Waals surface area contributed by atoms with Crippen LogP contribution in [0.2, 0.25) is 0 Å². The summed E-state index contributed by atoms with van der Waals surface area (Å²) in [6.45, 7) is 3.64. The Kier molecular flexibility index (Phi) is 6.60. The van der Waals surface area contributed by atoms with E-state index < -0.39 is 17.9 Å². The lowest BCUT2D eigenvalue weighted by molar-refractivity contribution is 0.0525. The van der Waals surface area contributed by atoms with E-state index in [1.165, 1.54) is 18.2 Å². The fraction of sp³-hybridized carbons (Fsp3) is 0.174. The van der Waals surface area contributed by atoms with Crippen molar-refractivity contribution in [3.8, 4) is 11.1 Å². The molecule has 0 spiro atoms. The summed E-state index contributed by atoms with van der Waals surface area (Å²) in [5.41, 5.74) is 1.62. The van der Waals surface area contributed by atoms with Crippen molar-refractivity contribution in [3.63, 3.8) is 0 Å². The molecule has 0 aliphatic rings. The number of ether oxygens (including phenoxy) is 1. The van der Waals surface area contributed by atoms with Gasteiger partial charge in [-0.15, -0.1) is 0 Å². The highest BCUT2D eigenvalue weighted by atomic mass is 79.9. The van der Waals surface area contributed by atoms with Crippen LogP contribution in [0.15, 0.2) is 53.0 Å². The van der Waals surface area contributed by atoms with Crippen LogP contribution in [0.3, 0.4) is 0 Å². The highest BCUT2D eigenvalue weighted by Gasteiger charge is 2.31. The number of esters is 1. The topological polar surface area (TPSA) is 106 Å². The number of aromatic carboxylic acids is 2. The Morgan fingerprint density at radius 2 is 1.71 bits per heavy atom. The SMILES string of the molecule is CCOC(=O)c1c(-c2cc(C(=O)O)ccc2Br)c(C(=O)O)n(Cc2ccccc2)c1C. The van der Waals surface area contributed by atoms with Crippen LogP contribution in [0.25, 0.3) is 11.1 Å². The maximum absolute atomic E-state index is 12.9. The minimum Gasteiger partial charge on any atom is -0.478 e. The van der Waals surface area contributed by atoms with Crippen LogP contribution in [0.1, 0.15) is 49.4 Å². The Balaban J connectivity index is 2.37. The summed E-state index contributed by atoms with van der Waals surface area (Å²) >= 11 is 3.38. The molecule has 0 saturated carbocycles. The Bertz CT molecular complexity index is 1170. The van der Waals surface area contributed by atoms with Gasteiger partial charge >= 0.3 is 17.9 Å². The molecule has 0 aliphatic carbocycles. The highest BCUT2D eigenvalue weighted by molar-refractivity contribution is 9.10. The van der Waals surface area contributed by atoms with Crippen LogP contribution in [0, 0.1) is 6.92 Å². The van der Waals surface area contributed by atoms with Gasteiger partial charge in [0.15, 0.2) is 0 Å². The van der Waals surface area contributed by atoms with Crippen molar-refractivity contribution in [1.29, 1.82) is 0 Å². The molecule has 0 fully saturated rings. The smallest absolute Gasteiger partial charge is 0.353 e. The van der Waals surface area contributed by atoms with Gasteiger partial charge in [0, 0.05) is 27.8 Å². The third-order valence-corrected chi connectivity index (χ3v) is 5.56. The first kappa shape index (κ1) is 22.3. The summed E-state index contributed by atoms with van der Waals surface area (Å²) in [7, 11) is 0. The van der Waals surface area contributed by atoms with Gasteiger partial charge in [0.2, 0.25) is 0 Å². The van der Waals surface area contributed by atoms with Crippen LogP contribution < -0.4 is 0 Å². The van der Waals surface area contributed by atoms with E-state index in [4.69, 9.17) is 4.74 Å². The molecule has 2 aromatic carbocycles. The second-order valence-corrected chi connectivity index (χ2v) is 7.64. The third kappa shape index (κ3) is 4.39. The van der Waals surface area contributed by atoms with Gasteiger partial charge < -0.3 is 19.5 Å². The largest absolute Gasteiger partial charge is 0.478 e. The molecule has 0 atom stereocenters. The predicted molar refractivity (Wildman–Crippen MR) is 118 cm³/mol. The number of hydrogen-bond donors (Lipinski definition) is 2. The second-order valence-electron chi connectivity index (χ2n) is 6.78. The van der Waals surface area contributed by atoms with E-state index in [9.17, 15) is 24.6 Å². The van der Waals surface area contributed by atoms with E-state index in [1.807, 2.05) is 30.3 Å². The zero-order valence-electron chi connectivity index (χ0n) is 16.9. The van der Waals surface area contributed by atoms with Crippen LogP contribution in [0.4, 0.5) is 0 Å². The molecule has 3 rings (SSSR count). The average Bonchev–Trinajstić information content (AvgIpc) is 3.01. The minimum absolute atomic E-state index is 0.0298. The summed E-state index contributed by atoms with van der Waals surface area (Å²) in [5.74, 6) is -3.07. The lowest BCUT2D eigenvalue weighted by atomic mass is 9.98. The van der Waals surface area contributed by atoms with Gasteiger partial charge in [-0.25, -0.2) is 14.4 Å². The molecule has 0 amide bonds. The number of carbonyl (C=O) groups is 3. The first-order valence-electron chi connectivity index (χ1n) is 9.46. The Morgan fingerprint density at radius 1 is 1.03 bits per heavy atom. The lowest BCUT2D eigenvalue weighted by Crippen LogP contribution is -2.12. The van der Waals surface area contributed by atoms with Crippen LogP contribution >= 0.6 is 15.9 Å². The molecule has 3 aromatic rings. The van der Waals surface area contributed by atoms with Crippen LogP contribution in [-0.2, 0) is 11.3 Å². The highest BCUT2D eigenvalue weighted by Crippen LogP contribution is 2.38. The van der Waals surface area contributed by atoms with Crippen molar-refractivity contribution < 1.29 is 29.3 Å². The van der Waals surface area contributed by atoms with E-state index in [0.717, 1.165) is 5.56 Å². The van der Waals surface area contributed by atoms with Crippen LogP contribution in [-0.4, -0.2) is 39.3 Å². The van der Waals surface area contributed by atoms with Gasteiger partial charge in [-0.1, -0.05) is 46.3 Å². The molecule has 1 aromatic heterocycles. The number of carbonyl (C=O) groups excluding carboxylic acids is 1. The van der Waals surface area contributed by atoms with Gasteiger partial charge in [0.1, 0.15) is 5.69 Å². The summed E-state index contributed by atoms with van der Waals surface area (Å²) in [6, 6.07) is 13.5. The number of hydrogen-bond acceptors (Lipinski definition) is 4.